The first-order valence-corrected chi connectivity index (χ1v) is 6.31. The van der Waals surface area contributed by atoms with Crippen molar-refractivity contribution in [3.05, 3.63) is 24.2 Å². The van der Waals surface area contributed by atoms with Crippen molar-refractivity contribution in [2.24, 2.45) is 0 Å². The molecule has 1 unspecified atom stereocenters. The summed E-state index contributed by atoms with van der Waals surface area (Å²) >= 11 is 0. The Morgan fingerprint density at radius 2 is 2.06 bits per heavy atom. The van der Waals surface area contributed by atoms with Gasteiger partial charge in [-0.1, -0.05) is 25.7 Å². The van der Waals surface area contributed by atoms with Gasteiger partial charge in [0.15, 0.2) is 0 Å². The molecule has 1 saturated carbocycles. The summed E-state index contributed by atoms with van der Waals surface area (Å²) in [5.74, 6) is 0.654. The molecule has 0 aliphatic heterocycles. The zero-order chi connectivity index (χ0) is 11.2. The summed E-state index contributed by atoms with van der Waals surface area (Å²) in [5.41, 5.74) is 0. The minimum atomic E-state index is -0.516. The highest BCUT2D eigenvalue weighted by molar-refractivity contribution is 5.02. The number of furan rings is 1. The van der Waals surface area contributed by atoms with E-state index in [1.165, 1.54) is 38.5 Å². The van der Waals surface area contributed by atoms with Crippen LogP contribution in [0.25, 0.3) is 0 Å². The number of hydrogen-bond acceptors (Lipinski definition) is 3. The zero-order valence-electron chi connectivity index (χ0n) is 9.69. The van der Waals surface area contributed by atoms with Gasteiger partial charge in [0.25, 0.3) is 0 Å². The second-order valence-electron chi connectivity index (χ2n) is 4.63. The summed E-state index contributed by atoms with van der Waals surface area (Å²) in [7, 11) is 0. The molecule has 3 heteroatoms. The van der Waals surface area contributed by atoms with Crippen LogP contribution in [0.5, 0.6) is 0 Å². The topological polar surface area (TPSA) is 45.4 Å². The standard InChI is InChI=1S/C13H21NO2/c15-12(13-8-5-9-16-13)10-14-11-6-3-1-2-4-7-11/h5,8-9,11-12,14-15H,1-4,6-7,10H2. The van der Waals surface area contributed by atoms with Gasteiger partial charge in [-0.05, 0) is 25.0 Å². The Bertz CT molecular complexity index is 276. The number of hydrogen-bond donors (Lipinski definition) is 2. The molecular formula is C13H21NO2. The number of aliphatic hydroxyl groups is 1. The van der Waals surface area contributed by atoms with Crippen LogP contribution in [0.2, 0.25) is 0 Å². The second-order valence-corrected chi connectivity index (χ2v) is 4.63. The van der Waals surface area contributed by atoms with E-state index in [1.54, 1.807) is 6.26 Å². The molecule has 0 amide bonds. The maximum atomic E-state index is 9.85. The monoisotopic (exact) mass is 223 g/mol. The average Bonchev–Trinajstić information content (AvgIpc) is 2.71. The predicted octanol–water partition coefficient (Wildman–Crippen LogP) is 2.63. The lowest BCUT2D eigenvalue weighted by Crippen LogP contribution is -2.32. The Kier molecular flexibility index (Phi) is 4.43. The van der Waals surface area contributed by atoms with Gasteiger partial charge in [0.1, 0.15) is 11.9 Å². The smallest absolute Gasteiger partial charge is 0.133 e. The third kappa shape index (κ3) is 3.35. The van der Waals surface area contributed by atoms with Crippen LogP contribution in [-0.4, -0.2) is 17.7 Å². The van der Waals surface area contributed by atoms with Crippen molar-refractivity contribution in [2.45, 2.75) is 50.7 Å². The highest BCUT2D eigenvalue weighted by Crippen LogP contribution is 2.18. The normalized spacial score (nSPS) is 20.6. The maximum absolute atomic E-state index is 9.85. The van der Waals surface area contributed by atoms with Crippen molar-refractivity contribution < 1.29 is 9.52 Å². The van der Waals surface area contributed by atoms with Crippen molar-refractivity contribution >= 4 is 0 Å². The molecule has 0 radical (unpaired) electrons. The molecule has 1 fully saturated rings. The van der Waals surface area contributed by atoms with Gasteiger partial charge in [0.05, 0.1) is 6.26 Å². The van der Waals surface area contributed by atoms with E-state index in [4.69, 9.17) is 4.42 Å². The zero-order valence-corrected chi connectivity index (χ0v) is 9.69. The third-order valence-corrected chi connectivity index (χ3v) is 3.33. The van der Waals surface area contributed by atoms with Crippen LogP contribution in [0.3, 0.4) is 0 Å². The molecule has 1 atom stereocenters. The molecule has 2 N–H and O–H groups in total. The summed E-state index contributed by atoms with van der Waals surface area (Å²) in [6, 6.07) is 4.20. The average molecular weight is 223 g/mol. The van der Waals surface area contributed by atoms with Crippen LogP contribution in [-0.2, 0) is 0 Å². The van der Waals surface area contributed by atoms with E-state index >= 15 is 0 Å². The van der Waals surface area contributed by atoms with Crippen molar-refractivity contribution in [3.63, 3.8) is 0 Å². The summed E-state index contributed by atoms with van der Waals surface area (Å²) < 4.78 is 5.17. The van der Waals surface area contributed by atoms with Gasteiger partial charge in [0, 0.05) is 12.6 Å². The van der Waals surface area contributed by atoms with Crippen molar-refractivity contribution in [1.82, 2.24) is 5.32 Å². The Balaban J connectivity index is 1.73. The number of rotatable bonds is 4. The Hall–Kier alpha value is -0.800. The molecule has 2 rings (SSSR count). The minimum absolute atomic E-state index is 0.516. The fourth-order valence-electron chi connectivity index (χ4n) is 2.34. The van der Waals surface area contributed by atoms with Gasteiger partial charge in [-0.25, -0.2) is 0 Å². The van der Waals surface area contributed by atoms with Crippen molar-refractivity contribution in [3.8, 4) is 0 Å². The SMILES string of the molecule is OC(CNC1CCCCCC1)c1ccco1. The summed E-state index contributed by atoms with van der Waals surface area (Å²) in [5, 5.41) is 13.3. The lowest BCUT2D eigenvalue weighted by atomic mass is 10.1. The Morgan fingerprint density at radius 3 is 2.69 bits per heavy atom. The van der Waals surface area contributed by atoms with E-state index in [1.807, 2.05) is 12.1 Å². The van der Waals surface area contributed by atoms with Gasteiger partial charge in [-0.15, -0.1) is 0 Å². The quantitative estimate of drug-likeness (QED) is 0.771. The van der Waals surface area contributed by atoms with Crippen LogP contribution in [0.1, 0.15) is 50.4 Å². The fraction of sp³-hybridized carbons (Fsp3) is 0.692. The molecule has 1 aliphatic rings. The first-order valence-electron chi connectivity index (χ1n) is 6.31. The highest BCUT2D eigenvalue weighted by Gasteiger charge is 2.15. The largest absolute Gasteiger partial charge is 0.467 e. The summed E-state index contributed by atoms with van der Waals surface area (Å²) in [6.07, 6.45) is 8.92. The summed E-state index contributed by atoms with van der Waals surface area (Å²) in [6.45, 7) is 0.595. The van der Waals surface area contributed by atoms with Crippen LogP contribution in [0.15, 0.2) is 22.8 Å². The van der Waals surface area contributed by atoms with E-state index in [9.17, 15) is 5.11 Å². The van der Waals surface area contributed by atoms with Crippen LogP contribution in [0, 0.1) is 0 Å². The summed E-state index contributed by atoms with van der Waals surface area (Å²) in [4.78, 5) is 0. The fourth-order valence-corrected chi connectivity index (χ4v) is 2.34. The lowest BCUT2D eigenvalue weighted by molar-refractivity contribution is 0.142. The van der Waals surface area contributed by atoms with Gasteiger partial charge in [0.2, 0.25) is 0 Å². The molecule has 3 nitrogen and oxygen atoms in total. The van der Waals surface area contributed by atoms with Crippen LogP contribution >= 0.6 is 0 Å². The van der Waals surface area contributed by atoms with Crippen molar-refractivity contribution in [1.29, 1.82) is 0 Å². The molecule has 0 bridgehead atoms. The van der Waals surface area contributed by atoms with Gasteiger partial charge < -0.3 is 14.8 Å². The Morgan fingerprint density at radius 1 is 1.31 bits per heavy atom. The van der Waals surface area contributed by atoms with E-state index < -0.39 is 6.10 Å². The molecule has 1 aromatic heterocycles. The first-order chi connectivity index (χ1) is 7.86. The molecule has 0 aromatic carbocycles. The van der Waals surface area contributed by atoms with E-state index in [0.717, 1.165) is 0 Å². The van der Waals surface area contributed by atoms with Crippen LogP contribution in [0.4, 0.5) is 0 Å². The molecular weight excluding hydrogens is 202 g/mol. The Labute approximate surface area is 96.8 Å². The van der Waals surface area contributed by atoms with Gasteiger partial charge >= 0.3 is 0 Å². The van der Waals surface area contributed by atoms with Crippen LogP contribution < -0.4 is 5.32 Å². The van der Waals surface area contributed by atoms with Gasteiger partial charge in [-0.2, -0.15) is 0 Å². The number of aliphatic hydroxyl groups excluding tert-OH is 1. The third-order valence-electron chi connectivity index (χ3n) is 3.33. The van der Waals surface area contributed by atoms with E-state index in [2.05, 4.69) is 5.32 Å². The van der Waals surface area contributed by atoms with E-state index in [-0.39, 0.29) is 0 Å². The molecule has 1 aliphatic carbocycles. The molecule has 0 saturated heterocycles. The predicted molar refractivity (Wildman–Crippen MR) is 63.2 cm³/mol. The minimum Gasteiger partial charge on any atom is -0.467 e. The maximum Gasteiger partial charge on any atom is 0.133 e. The highest BCUT2D eigenvalue weighted by atomic mass is 16.4. The first kappa shape index (κ1) is 11.7. The number of nitrogens with one attached hydrogen (secondary N) is 1. The second kappa shape index (κ2) is 6.06. The molecule has 0 spiro atoms. The van der Waals surface area contributed by atoms with E-state index in [0.29, 0.717) is 18.3 Å². The van der Waals surface area contributed by atoms with Crippen molar-refractivity contribution in [2.75, 3.05) is 6.54 Å². The lowest BCUT2D eigenvalue weighted by Gasteiger charge is -2.18. The molecule has 1 heterocycles. The molecule has 16 heavy (non-hydrogen) atoms. The molecule has 1 aromatic rings. The molecule has 90 valence electrons. The van der Waals surface area contributed by atoms with Gasteiger partial charge in [-0.3, -0.25) is 0 Å².